The van der Waals surface area contributed by atoms with Gasteiger partial charge in [-0.05, 0) is 13.0 Å². The van der Waals surface area contributed by atoms with Crippen LogP contribution in [-0.2, 0) is 21.4 Å². The highest BCUT2D eigenvalue weighted by molar-refractivity contribution is 7.89. The van der Waals surface area contributed by atoms with Crippen molar-refractivity contribution in [2.45, 2.75) is 25.3 Å². The number of rotatable bonds is 7. The van der Waals surface area contributed by atoms with Crippen LogP contribution >= 0.6 is 0 Å². The smallest absolute Gasteiger partial charge is 0.352 e. The molecule has 21 heavy (non-hydrogen) atoms. The summed E-state index contributed by atoms with van der Waals surface area (Å²) >= 11 is 0. The maximum Gasteiger partial charge on any atom is 0.352 e. The molecule has 0 aliphatic carbocycles. The van der Waals surface area contributed by atoms with Gasteiger partial charge in [-0.25, -0.2) is 13.2 Å². The number of aromatic carboxylic acids is 1. The number of sulfonamides is 1. The minimum atomic E-state index is -3.91. The summed E-state index contributed by atoms with van der Waals surface area (Å²) in [6.45, 7) is 3.45. The molecule has 0 radical (unpaired) electrons. The molecule has 1 amide bonds. The summed E-state index contributed by atoms with van der Waals surface area (Å²) in [4.78, 5) is 22.3. The molecule has 0 spiro atoms. The lowest BCUT2D eigenvalue weighted by atomic mass is 10.4. The van der Waals surface area contributed by atoms with Crippen LogP contribution in [0.4, 0.5) is 0 Å². The fraction of sp³-hybridized carbons (Fsp3) is 0.500. The molecule has 1 rings (SSSR count). The first-order valence-corrected chi connectivity index (χ1v) is 7.86. The Morgan fingerprint density at radius 1 is 1.38 bits per heavy atom. The van der Waals surface area contributed by atoms with E-state index in [4.69, 9.17) is 5.11 Å². The summed E-state index contributed by atoms with van der Waals surface area (Å²) in [5.74, 6) is -1.64. The van der Waals surface area contributed by atoms with E-state index in [1.807, 2.05) is 0 Å². The minimum Gasteiger partial charge on any atom is -0.477 e. The van der Waals surface area contributed by atoms with Crippen LogP contribution in [0, 0.1) is 0 Å². The molecule has 1 aromatic rings. The van der Waals surface area contributed by atoms with Crippen LogP contribution < -0.4 is 5.32 Å². The number of carboxylic acid groups (broad SMARTS) is 1. The van der Waals surface area contributed by atoms with E-state index in [1.165, 1.54) is 17.8 Å². The zero-order valence-corrected chi connectivity index (χ0v) is 13.0. The van der Waals surface area contributed by atoms with Crippen LogP contribution in [0.5, 0.6) is 0 Å². The van der Waals surface area contributed by atoms with E-state index in [0.717, 1.165) is 10.4 Å². The standard InChI is InChI=1S/C12H19N3O5S/c1-4-14-7-9(6-10(14)12(17)18)21(19,20)15(5-2)8-11(16)13-3/h6-7H,4-5,8H2,1-3H3,(H,13,16)(H,17,18). The second kappa shape index (κ2) is 6.72. The van der Waals surface area contributed by atoms with Crippen molar-refractivity contribution in [3.8, 4) is 0 Å². The van der Waals surface area contributed by atoms with Gasteiger partial charge in [-0.1, -0.05) is 6.92 Å². The van der Waals surface area contributed by atoms with Gasteiger partial charge in [0.1, 0.15) is 10.6 Å². The first kappa shape index (κ1) is 17.2. The number of carbonyl (C=O) groups is 2. The predicted molar refractivity (Wildman–Crippen MR) is 75.6 cm³/mol. The monoisotopic (exact) mass is 317 g/mol. The molecule has 9 heteroatoms. The Balaban J connectivity index is 3.23. The molecule has 2 N–H and O–H groups in total. The summed E-state index contributed by atoms with van der Waals surface area (Å²) < 4.78 is 27.2. The first-order valence-electron chi connectivity index (χ1n) is 6.42. The van der Waals surface area contributed by atoms with Crippen LogP contribution in [0.1, 0.15) is 24.3 Å². The van der Waals surface area contributed by atoms with Gasteiger partial charge in [0.2, 0.25) is 15.9 Å². The van der Waals surface area contributed by atoms with Crippen LogP contribution in [-0.4, -0.2) is 54.4 Å². The number of amides is 1. The van der Waals surface area contributed by atoms with Crippen LogP contribution in [0.25, 0.3) is 0 Å². The zero-order valence-electron chi connectivity index (χ0n) is 12.2. The van der Waals surface area contributed by atoms with E-state index in [-0.39, 0.29) is 23.7 Å². The van der Waals surface area contributed by atoms with Crippen LogP contribution in [0.2, 0.25) is 0 Å². The van der Waals surface area contributed by atoms with Gasteiger partial charge in [-0.3, -0.25) is 4.79 Å². The molecule has 0 saturated heterocycles. The van der Waals surface area contributed by atoms with Gasteiger partial charge in [0, 0.05) is 26.3 Å². The molecule has 8 nitrogen and oxygen atoms in total. The van der Waals surface area contributed by atoms with Gasteiger partial charge in [0.25, 0.3) is 0 Å². The largest absolute Gasteiger partial charge is 0.477 e. The molecule has 118 valence electrons. The third-order valence-electron chi connectivity index (χ3n) is 3.02. The zero-order chi connectivity index (χ0) is 16.2. The molecule has 0 aliphatic heterocycles. The van der Waals surface area contributed by atoms with Crippen molar-refractivity contribution in [1.82, 2.24) is 14.2 Å². The topological polar surface area (TPSA) is 109 Å². The molecule has 0 unspecified atom stereocenters. The minimum absolute atomic E-state index is 0.105. The maximum atomic E-state index is 12.5. The molecular weight excluding hydrogens is 298 g/mol. The van der Waals surface area contributed by atoms with Crippen molar-refractivity contribution in [2.24, 2.45) is 0 Å². The first-order chi connectivity index (χ1) is 9.77. The second-order valence-corrected chi connectivity index (χ2v) is 6.19. The van der Waals surface area contributed by atoms with Crippen molar-refractivity contribution in [3.05, 3.63) is 18.0 Å². The van der Waals surface area contributed by atoms with Crippen molar-refractivity contribution >= 4 is 21.9 Å². The highest BCUT2D eigenvalue weighted by atomic mass is 32.2. The number of carbonyl (C=O) groups excluding carboxylic acids is 1. The van der Waals surface area contributed by atoms with Crippen molar-refractivity contribution in [2.75, 3.05) is 20.1 Å². The number of likely N-dealkylation sites (N-methyl/N-ethyl adjacent to an activating group) is 2. The normalized spacial score (nSPS) is 11.6. The third-order valence-corrected chi connectivity index (χ3v) is 4.91. The number of aromatic nitrogens is 1. The van der Waals surface area contributed by atoms with E-state index >= 15 is 0 Å². The summed E-state index contributed by atoms with van der Waals surface area (Å²) in [6, 6.07) is 1.10. The number of hydrogen-bond donors (Lipinski definition) is 2. The Morgan fingerprint density at radius 3 is 2.38 bits per heavy atom. The van der Waals surface area contributed by atoms with Crippen molar-refractivity contribution in [1.29, 1.82) is 0 Å². The number of nitrogens with zero attached hydrogens (tertiary/aromatic N) is 2. The summed E-state index contributed by atoms with van der Waals surface area (Å²) in [7, 11) is -2.50. The third kappa shape index (κ3) is 3.61. The lowest BCUT2D eigenvalue weighted by Gasteiger charge is -2.18. The fourth-order valence-corrected chi connectivity index (χ4v) is 3.27. The van der Waals surface area contributed by atoms with Crippen molar-refractivity contribution < 1.29 is 23.1 Å². The lowest BCUT2D eigenvalue weighted by molar-refractivity contribution is -0.120. The van der Waals surface area contributed by atoms with Gasteiger partial charge in [-0.2, -0.15) is 4.31 Å². The van der Waals surface area contributed by atoms with Gasteiger partial charge < -0.3 is 15.0 Å². The van der Waals surface area contributed by atoms with E-state index in [1.54, 1.807) is 13.8 Å². The number of nitrogens with one attached hydrogen (secondary N) is 1. The Kier molecular flexibility index (Phi) is 5.50. The van der Waals surface area contributed by atoms with Crippen LogP contribution in [0.3, 0.4) is 0 Å². The van der Waals surface area contributed by atoms with E-state index in [0.29, 0.717) is 6.54 Å². The molecule has 0 bridgehead atoms. The average molecular weight is 317 g/mol. The SMILES string of the molecule is CCN(CC(=O)NC)S(=O)(=O)c1cc(C(=O)O)n(CC)c1. The van der Waals surface area contributed by atoms with Gasteiger partial charge in [0.05, 0.1) is 6.54 Å². The molecular formula is C12H19N3O5S. The Hall–Kier alpha value is -1.87. The predicted octanol–water partition coefficient (Wildman–Crippen LogP) is -0.0372. The fourth-order valence-electron chi connectivity index (χ4n) is 1.82. The maximum absolute atomic E-state index is 12.5. The lowest BCUT2D eigenvalue weighted by Crippen LogP contribution is -2.39. The Morgan fingerprint density at radius 2 is 2.00 bits per heavy atom. The number of aryl methyl sites for hydroxylation is 1. The van der Waals surface area contributed by atoms with E-state index < -0.39 is 21.9 Å². The highest BCUT2D eigenvalue weighted by Gasteiger charge is 2.28. The summed E-state index contributed by atoms with van der Waals surface area (Å²) in [5, 5.41) is 11.4. The van der Waals surface area contributed by atoms with Crippen LogP contribution in [0.15, 0.2) is 17.2 Å². The molecule has 0 saturated carbocycles. The molecule has 0 aromatic carbocycles. The number of carboxylic acids is 1. The summed E-state index contributed by atoms with van der Waals surface area (Å²) in [5.41, 5.74) is -0.105. The Bertz CT molecular complexity index is 635. The van der Waals surface area contributed by atoms with Gasteiger partial charge in [0.15, 0.2) is 0 Å². The second-order valence-electron chi connectivity index (χ2n) is 4.26. The molecule has 0 fully saturated rings. The molecule has 0 aliphatic rings. The van der Waals surface area contributed by atoms with Gasteiger partial charge in [-0.15, -0.1) is 0 Å². The molecule has 1 heterocycles. The van der Waals surface area contributed by atoms with E-state index in [2.05, 4.69) is 5.32 Å². The molecule has 1 aromatic heterocycles. The molecule has 0 atom stereocenters. The van der Waals surface area contributed by atoms with Gasteiger partial charge >= 0.3 is 5.97 Å². The van der Waals surface area contributed by atoms with E-state index in [9.17, 15) is 18.0 Å². The average Bonchev–Trinajstić information content (AvgIpc) is 2.89. The Labute approximate surface area is 123 Å². The number of hydrogen-bond acceptors (Lipinski definition) is 4. The quantitative estimate of drug-likeness (QED) is 0.733. The highest BCUT2D eigenvalue weighted by Crippen LogP contribution is 2.19. The van der Waals surface area contributed by atoms with Crippen molar-refractivity contribution in [3.63, 3.8) is 0 Å². The summed E-state index contributed by atoms with van der Waals surface area (Å²) in [6.07, 6.45) is 1.27.